The number of hydrogen-bond acceptors (Lipinski definition) is 3. The minimum atomic E-state index is 0.213. The molecule has 3 heteroatoms. The van der Waals surface area contributed by atoms with Gasteiger partial charge in [-0.1, -0.05) is 31.2 Å². The molecular formula is C17H27N3. The smallest absolute Gasteiger partial charge is 0.0367 e. The second kappa shape index (κ2) is 5.84. The maximum Gasteiger partial charge on any atom is 0.0367 e. The van der Waals surface area contributed by atoms with Crippen LogP contribution in [0.4, 0.5) is 0 Å². The van der Waals surface area contributed by atoms with E-state index in [9.17, 15) is 0 Å². The number of rotatable bonds is 4. The third-order valence-corrected chi connectivity index (χ3v) is 5.17. The number of benzene rings is 1. The van der Waals surface area contributed by atoms with Crippen LogP contribution in [0.15, 0.2) is 24.3 Å². The fourth-order valence-corrected chi connectivity index (χ4v) is 4.04. The van der Waals surface area contributed by atoms with E-state index in [1.165, 1.54) is 43.6 Å². The van der Waals surface area contributed by atoms with Gasteiger partial charge >= 0.3 is 0 Å². The quantitative estimate of drug-likeness (QED) is 0.915. The monoisotopic (exact) mass is 273 g/mol. The van der Waals surface area contributed by atoms with E-state index in [1.54, 1.807) is 0 Å². The molecule has 1 aliphatic carbocycles. The maximum atomic E-state index is 6.30. The molecule has 1 saturated heterocycles. The summed E-state index contributed by atoms with van der Waals surface area (Å²) in [7, 11) is 2.27. The molecule has 0 amide bonds. The van der Waals surface area contributed by atoms with Crippen LogP contribution in [0.25, 0.3) is 0 Å². The van der Waals surface area contributed by atoms with Crippen molar-refractivity contribution in [3.8, 4) is 0 Å². The predicted octanol–water partition coefficient (Wildman–Crippen LogP) is 2.55. The summed E-state index contributed by atoms with van der Waals surface area (Å²) in [4.78, 5) is 5.15. The predicted molar refractivity (Wildman–Crippen MR) is 83.6 cm³/mol. The van der Waals surface area contributed by atoms with Gasteiger partial charge in [-0.3, -0.25) is 9.80 Å². The summed E-state index contributed by atoms with van der Waals surface area (Å²) in [5.74, 6) is 0. The fourth-order valence-electron chi connectivity index (χ4n) is 4.04. The van der Waals surface area contributed by atoms with Gasteiger partial charge < -0.3 is 5.73 Å². The normalized spacial score (nSPS) is 30.1. The van der Waals surface area contributed by atoms with E-state index in [-0.39, 0.29) is 6.04 Å². The van der Waals surface area contributed by atoms with E-state index >= 15 is 0 Å². The Bertz CT molecular complexity index is 459. The number of likely N-dealkylation sites (tertiary alicyclic amines) is 1. The Balaban J connectivity index is 1.71. The van der Waals surface area contributed by atoms with Crippen LogP contribution >= 0.6 is 0 Å². The molecule has 1 fully saturated rings. The summed E-state index contributed by atoms with van der Waals surface area (Å²) < 4.78 is 0. The van der Waals surface area contributed by atoms with Gasteiger partial charge in [0.15, 0.2) is 0 Å². The molecule has 1 aromatic rings. The average Bonchev–Trinajstić information content (AvgIpc) is 3.04. The molecule has 1 aromatic carbocycles. The summed E-state index contributed by atoms with van der Waals surface area (Å²) in [6.07, 6.45) is 3.76. The minimum absolute atomic E-state index is 0.213. The van der Waals surface area contributed by atoms with Crippen LogP contribution in [0.2, 0.25) is 0 Å². The number of hydrogen-bond donors (Lipinski definition) is 1. The molecule has 1 aliphatic heterocycles. The van der Waals surface area contributed by atoms with Crippen molar-refractivity contribution in [1.82, 2.24) is 9.80 Å². The van der Waals surface area contributed by atoms with E-state index in [0.717, 1.165) is 12.5 Å². The van der Waals surface area contributed by atoms with Crippen LogP contribution in [-0.4, -0.2) is 42.5 Å². The zero-order valence-corrected chi connectivity index (χ0v) is 12.8. The van der Waals surface area contributed by atoms with Gasteiger partial charge in [0, 0.05) is 24.7 Å². The zero-order valence-electron chi connectivity index (χ0n) is 12.8. The molecule has 2 N–H and O–H groups in total. The van der Waals surface area contributed by atoms with Crippen molar-refractivity contribution >= 4 is 0 Å². The Labute approximate surface area is 122 Å². The lowest BCUT2D eigenvalue weighted by atomic mass is 10.1. The van der Waals surface area contributed by atoms with Crippen LogP contribution < -0.4 is 5.73 Å². The van der Waals surface area contributed by atoms with Crippen LogP contribution in [0.3, 0.4) is 0 Å². The molecule has 3 atom stereocenters. The summed E-state index contributed by atoms with van der Waals surface area (Å²) in [5.41, 5.74) is 9.10. The first-order chi connectivity index (χ1) is 9.70. The first kappa shape index (κ1) is 14.1. The van der Waals surface area contributed by atoms with Crippen molar-refractivity contribution in [2.75, 3.05) is 26.7 Å². The lowest BCUT2D eigenvalue weighted by molar-refractivity contribution is 0.160. The van der Waals surface area contributed by atoms with Gasteiger partial charge in [0.1, 0.15) is 0 Å². The van der Waals surface area contributed by atoms with Gasteiger partial charge in [0.25, 0.3) is 0 Å². The Morgan fingerprint density at radius 3 is 2.80 bits per heavy atom. The molecular weight excluding hydrogens is 246 g/mol. The summed E-state index contributed by atoms with van der Waals surface area (Å²) in [6, 6.07) is 10.2. The summed E-state index contributed by atoms with van der Waals surface area (Å²) in [5, 5.41) is 0. The molecule has 110 valence electrons. The molecule has 3 rings (SSSR count). The lowest BCUT2D eigenvalue weighted by Crippen LogP contribution is -2.39. The van der Waals surface area contributed by atoms with E-state index in [1.807, 2.05) is 0 Å². The molecule has 2 aliphatic rings. The van der Waals surface area contributed by atoms with Crippen molar-refractivity contribution in [3.05, 3.63) is 35.4 Å². The van der Waals surface area contributed by atoms with E-state index in [4.69, 9.17) is 5.73 Å². The molecule has 3 unspecified atom stereocenters. The van der Waals surface area contributed by atoms with Gasteiger partial charge in [0.05, 0.1) is 0 Å². The number of nitrogens with two attached hydrogens (primary N) is 1. The average molecular weight is 273 g/mol. The van der Waals surface area contributed by atoms with Gasteiger partial charge in [-0.15, -0.1) is 0 Å². The van der Waals surface area contributed by atoms with E-state index in [0.29, 0.717) is 6.04 Å². The molecule has 20 heavy (non-hydrogen) atoms. The minimum Gasteiger partial charge on any atom is -0.324 e. The number of likely N-dealkylation sites (N-methyl/N-ethyl adjacent to an activating group) is 2. The topological polar surface area (TPSA) is 32.5 Å². The fraction of sp³-hybridized carbons (Fsp3) is 0.647. The Hall–Kier alpha value is -0.900. The molecule has 0 radical (unpaired) electrons. The summed E-state index contributed by atoms with van der Waals surface area (Å²) in [6.45, 7) is 5.90. The van der Waals surface area contributed by atoms with Gasteiger partial charge in [0.2, 0.25) is 0 Å². The molecule has 0 saturated carbocycles. The zero-order chi connectivity index (χ0) is 14.1. The molecule has 1 heterocycles. The van der Waals surface area contributed by atoms with Gasteiger partial charge in [-0.25, -0.2) is 0 Å². The molecule has 0 spiro atoms. The molecule has 3 nitrogen and oxygen atoms in total. The van der Waals surface area contributed by atoms with Crippen molar-refractivity contribution in [3.63, 3.8) is 0 Å². The second-order valence-corrected chi connectivity index (χ2v) is 6.35. The maximum absolute atomic E-state index is 6.30. The highest BCUT2D eigenvalue weighted by atomic mass is 15.2. The molecule has 0 aromatic heterocycles. The largest absolute Gasteiger partial charge is 0.324 e. The standard InChI is InChI=1S/C17H27N3/c1-3-20-10-6-7-13(20)12-19(2)17-11-16(18)14-8-4-5-9-15(14)17/h4-5,8-9,13,16-17H,3,6-7,10-12,18H2,1-2H3. The molecule has 0 bridgehead atoms. The van der Waals surface area contributed by atoms with Crippen molar-refractivity contribution in [2.45, 2.75) is 44.3 Å². The van der Waals surface area contributed by atoms with Crippen LogP contribution in [0, 0.1) is 0 Å². The number of fused-ring (bicyclic) bond motifs is 1. The second-order valence-electron chi connectivity index (χ2n) is 6.35. The Morgan fingerprint density at radius 1 is 1.30 bits per heavy atom. The van der Waals surface area contributed by atoms with Gasteiger partial charge in [-0.2, -0.15) is 0 Å². The Kier molecular flexibility index (Phi) is 4.11. The third-order valence-electron chi connectivity index (χ3n) is 5.17. The Morgan fingerprint density at radius 2 is 2.05 bits per heavy atom. The van der Waals surface area contributed by atoms with Crippen molar-refractivity contribution < 1.29 is 0 Å². The van der Waals surface area contributed by atoms with Crippen molar-refractivity contribution in [1.29, 1.82) is 0 Å². The summed E-state index contributed by atoms with van der Waals surface area (Å²) >= 11 is 0. The van der Waals surface area contributed by atoms with Crippen LogP contribution in [-0.2, 0) is 0 Å². The number of nitrogens with zero attached hydrogens (tertiary/aromatic N) is 2. The first-order valence-electron chi connectivity index (χ1n) is 7.99. The highest BCUT2D eigenvalue weighted by Gasteiger charge is 2.33. The lowest BCUT2D eigenvalue weighted by Gasteiger charge is -2.31. The van der Waals surface area contributed by atoms with E-state index in [2.05, 4.69) is 48.0 Å². The first-order valence-corrected chi connectivity index (χ1v) is 7.99. The third kappa shape index (κ3) is 2.50. The highest BCUT2D eigenvalue weighted by Crippen LogP contribution is 2.40. The SMILES string of the molecule is CCN1CCCC1CN(C)C1CC(N)c2ccccc21. The van der Waals surface area contributed by atoms with Crippen LogP contribution in [0.1, 0.15) is 49.4 Å². The highest BCUT2D eigenvalue weighted by molar-refractivity contribution is 5.37. The van der Waals surface area contributed by atoms with E-state index < -0.39 is 0 Å². The van der Waals surface area contributed by atoms with Crippen molar-refractivity contribution in [2.24, 2.45) is 5.73 Å². The van der Waals surface area contributed by atoms with Gasteiger partial charge in [-0.05, 0) is 50.5 Å². The van der Waals surface area contributed by atoms with Crippen LogP contribution in [0.5, 0.6) is 0 Å².